The highest BCUT2D eigenvalue weighted by molar-refractivity contribution is 7.20. The van der Waals surface area contributed by atoms with Gasteiger partial charge in [-0.2, -0.15) is 0 Å². The molecule has 1 saturated carbocycles. The number of aryl methyl sites for hydroxylation is 1. The van der Waals surface area contributed by atoms with Crippen LogP contribution in [0.25, 0.3) is 20.9 Å². The summed E-state index contributed by atoms with van der Waals surface area (Å²) in [6.45, 7) is 1.25. The minimum absolute atomic E-state index is 0.0509. The summed E-state index contributed by atoms with van der Waals surface area (Å²) in [7, 11) is 0. The first kappa shape index (κ1) is 24.8. The van der Waals surface area contributed by atoms with Gasteiger partial charge in [0.1, 0.15) is 10.8 Å². The Morgan fingerprint density at radius 3 is 2.78 bits per heavy atom. The van der Waals surface area contributed by atoms with Crippen LogP contribution in [0.15, 0.2) is 46.0 Å². The molecule has 0 aromatic carbocycles. The van der Waals surface area contributed by atoms with Gasteiger partial charge in [0.05, 0.1) is 46.6 Å². The summed E-state index contributed by atoms with van der Waals surface area (Å²) in [5.41, 5.74) is 1.96. The fraction of sp³-hybridized carbons (Fsp3) is 0.444. The zero-order valence-electron chi connectivity index (χ0n) is 20.4. The second kappa shape index (κ2) is 9.99. The Kier molecular flexibility index (Phi) is 6.70. The van der Waals surface area contributed by atoms with E-state index >= 15 is 0 Å². The minimum atomic E-state index is -0.422. The van der Waals surface area contributed by atoms with Crippen LogP contribution in [0.2, 0.25) is 0 Å². The number of rotatable bonds is 9. The first-order valence-corrected chi connectivity index (χ1v) is 14.4. The van der Waals surface area contributed by atoms with E-state index in [0.717, 1.165) is 42.9 Å². The molecule has 1 aliphatic carbocycles. The predicted molar refractivity (Wildman–Crippen MR) is 144 cm³/mol. The Morgan fingerprint density at radius 1 is 1.19 bits per heavy atom. The molecule has 4 aromatic heterocycles. The van der Waals surface area contributed by atoms with E-state index in [1.54, 1.807) is 28.7 Å². The predicted octanol–water partition coefficient (Wildman–Crippen LogP) is 4.52. The van der Waals surface area contributed by atoms with Crippen molar-refractivity contribution in [2.75, 3.05) is 13.2 Å². The number of aliphatic hydroxyl groups excluding tert-OH is 1. The third kappa shape index (κ3) is 4.77. The van der Waals surface area contributed by atoms with E-state index in [1.165, 1.54) is 21.7 Å². The third-order valence-electron chi connectivity index (χ3n) is 7.91. The quantitative estimate of drug-likeness (QED) is 0.325. The summed E-state index contributed by atoms with van der Waals surface area (Å²) >= 11 is 3.38. The number of thiophene rings is 1. The van der Waals surface area contributed by atoms with Crippen molar-refractivity contribution in [3.63, 3.8) is 0 Å². The smallest absolute Gasteiger partial charge is 0.251 e. The number of aliphatic hydroxyl groups is 1. The van der Waals surface area contributed by atoms with Crippen molar-refractivity contribution in [1.29, 1.82) is 0 Å². The summed E-state index contributed by atoms with van der Waals surface area (Å²) in [6, 6.07) is 7.18. The molecule has 2 saturated heterocycles. The molecule has 2 N–H and O–H groups in total. The fourth-order valence-corrected chi connectivity index (χ4v) is 7.35. The van der Waals surface area contributed by atoms with Gasteiger partial charge in [-0.25, -0.2) is 9.37 Å². The van der Waals surface area contributed by atoms with E-state index in [0.29, 0.717) is 36.0 Å². The minimum Gasteiger partial charge on any atom is -0.395 e. The number of ether oxygens (including phenoxy) is 1. The van der Waals surface area contributed by atoms with Crippen molar-refractivity contribution in [2.24, 2.45) is 0 Å². The Labute approximate surface area is 222 Å². The molecule has 37 heavy (non-hydrogen) atoms. The Morgan fingerprint density at radius 2 is 2.05 bits per heavy atom. The molecule has 4 aromatic rings. The van der Waals surface area contributed by atoms with Gasteiger partial charge in [-0.1, -0.05) is 6.07 Å². The van der Waals surface area contributed by atoms with Crippen LogP contribution >= 0.6 is 22.7 Å². The van der Waals surface area contributed by atoms with Gasteiger partial charge in [-0.05, 0) is 56.0 Å². The maximum absolute atomic E-state index is 15.0. The molecule has 0 radical (unpaired) electrons. The summed E-state index contributed by atoms with van der Waals surface area (Å²) in [5.74, 6) is -0.422. The first-order valence-electron chi connectivity index (χ1n) is 12.6. The zero-order chi connectivity index (χ0) is 25.5. The van der Waals surface area contributed by atoms with Crippen LogP contribution in [0.4, 0.5) is 4.39 Å². The lowest BCUT2D eigenvalue weighted by Gasteiger charge is -2.53. The van der Waals surface area contributed by atoms with Gasteiger partial charge in [0.25, 0.3) is 5.56 Å². The van der Waals surface area contributed by atoms with Crippen molar-refractivity contribution >= 4 is 33.7 Å². The molecule has 0 amide bonds. The molecular formula is C27H29FN4O3S2. The number of nitrogens with one attached hydrogen (secondary N) is 1. The maximum Gasteiger partial charge on any atom is 0.251 e. The summed E-state index contributed by atoms with van der Waals surface area (Å²) < 4.78 is 22.9. The summed E-state index contributed by atoms with van der Waals surface area (Å²) in [4.78, 5) is 22.6. The largest absolute Gasteiger partial charge is 0.395 e. The molecule has 3 aliphatic rings. The molecule has 6 heterocycles. The van der Waals surface area contributed by atoms with Crippen molar-refractivity contribution in [2.45, 2.75) is 62.8 Å². The van der Waals surface area contributed by atoms with Crippen molar-refractivity contribution in [1.82, 2.24) is 19.9 Å². The number of halogens is 1. The van der Waals surface area contributed by atoms with Crippen LogP contribution in [0.5, 0.6) is 0 Å². The topological polar surface area (TPSA) is 89.3 Å². The normalized spacial score (nSPS) is 23.2. The lowest BCUT2D eigenvalue weighted by molar-refractivity contribution is -0.165. The Bertz CT molecular complexity index is 1440. The van der Waals surface area contributed by atoms with Gasteiger partial charge in [0.2, 0.25) is 0 Å². The van der Waals surface area contributed by atoms with Gasteiger partial charge >= 0.3 is 0 Å². The van der Waals surface area contributed by atoms with E-state index in [1.807, 2.05) is 6.07 Å². The lowest BCUT2D eigenvalue weighted by Crippen LogP contribution is -2.61. The van der Waals surface area contributed by atoms with E-state index in [9.17, 15) is 14.3 Å². The molecule has 3 fully saturated rings. The van der Waals surface area contributed by atoms with Crippen molar-refractivity contribution < 1.29 is 14.2 Å². The van der Waals surface area contributed by atoms with E-state index in [2.05, 4.69) is 27.1 Å². The molecule has 7 rings (SSSR count). The standard InChI is InChI=1S/C27H29FN4O3S2/c28-20-15-29-21-3-4-23(34)32(11-12-33)24(21)19(20)5-6-27-9-7-26(8-10-27,17-35-27)30-14-18-16-37-25(31-18)22-2-1-13-36-22/h1-4,13,15-16,30,33H,5-12,14,17H2. The van der Waals surface area contributed by atoms with Gasteiger partial charge in [-0.15, -0.1) is 22.7 Å². The van der Waals surface area contributed by atoms with Gasteiger partial charge < -0.3 is 19.7 Å². The van der Waals surface area contributed by atoms with E-state index in [4.69, 9.17) is 9.72 Å². The third-order valence-corrected chi connectivity index (χ3v) is 9.84. The SMILES string of the molecule is O=c1ccc2ncc(F)c(CCC34CCC(NCc5csc(-c6cccs6)n5)(CC3)CO4)c2n1CCO. The van der Waals surface area contributed by atoms with E-state index < -0.39 is 5.82 Å². The van der Waals surface area contributed by atoms with Crippen LogP contribution in [0.1, 0.15) is 43.4 Å². The zero-order valence-corrected chi connectivity index (χ0v) is 22.0. The number of pyridine rings is 2. The molecule has 0 atom stereocenters. The van der Waals surface area contributed by atoms with Gasteiger partial charge in [0, 0.05) is 35.6 Å². The Hall–Kier alpha value is -2.50. The average Bonchev–Trinajstić information content (AvgIpc) is 3.62. The second-order valence-electron chi connectivity index (χ2n) is 10.1. The summed E-state index contributed by atoms with van der Waals surface area (Å²) in [5, 5.41) is 18.5. The number of fused-ring (bicyclic) bond motifs is 4. The Balaban J connectivity index is 1.12. The highest BCUT2D eigenvalue weighted by atomic mass is 32.1. The van der Waals surface area contributed by atoms with Crippen LogP contribution in [0, 0.1) is 5.82 Å². The molecular weight excluding hydrogens is 511 g/mol. The molecule has 7 nitrogen and oxygen atoms in total. The molecule has 10 heteroatoms. The first-order chi connectivity index (χ1) is 18.0. The van der Waals surface area contributed by atoms with Crippen LogP contribution in [-0.2, 0) is 24.2 Å². The average molecular weight is 541 g/mol. The number of thiazole rings is 1. The molecule has 2 bridgehead atoms. The fourth-order valence-electron chi connectivity index (χ4n) is 5.71. The lowest BCUT2D eigenvalue weighted by atomic mass is 9.69. The maximum atomic E-state index is 15.0. The summed E-state index contributed by atoms with van der Waals surface area (Å²) in [6.07, 6.45) is 6.18. The molecule has 194 valence electrons. The number of hydrogen-bond acceptors (Lipinski definition) is 8. The van der Waals surface area contributed by atoms with Crippen LogP contribution in [-0.4, -0.2) is 44.0 Å². The highest BCUT2D eigenvalue weighted by Gasteiger charge is 2.49. The highest BCUT2D eigenvalue weighted by Crippen LogP contribution is 2.46. The van der Waals surface area contributed by atoms with Gasteiger partial charge in [-0.3, -0.25) is 9.78 Å². The molecule has 0 unspecified atom stereocenters. The van der Waals surface area contributed by atoms with E-state index in [-0.39, 0.29) is 29.9 Å². The van der Waals surface area contributed by atoms with Crippen LogP contribution < -0.4 is 10.9 Å². The second-order valence-corrected chi connectivity index (χ2v) is 11.9. The number of nitrogens with zero attached hydrogens (tertiary/aromatic N) is 3. The number of aromatic nitrogens is 3. The molecule has 0 spiro atoms. The van der Waals surface area contributed by atoms with Crippen molar-refractivity contribution in [3.8, 4) is 9.88 Å². The van der Waals surface area contributed by atoms with Crippen molar-refractivity contribution in [3.05, 3.63) is 68.7 Å². The monoisotopic (exact) mass is 540 g/mol. The molecule has 2 aliphatic heterocycles. The number of hydrogen-bond donors (Lipinski definition) is 2. The van der Waals surface area contributed by atoms with Gasteiger partial charge in [0.15, 0.2) is 0 Å². The van der Waals surface area contributed by atoms with Crippen LogP contribution in [0.3, 0.4) is 0 Å².